The van der Waals surface area contributed by atoms with E-state index in [0.717, 1.165) is 95.8 Å². The molecule has 3 amide bonds. The van der Waals surface area contributed by atoms with E-state index >= 15 is 0 Å². The summed E-state index contributed by atoms with van der Waals surface area (Å²) in [6, 6.07) is 19.9. The molecule has 3 aliphatic heterocycles. The monoisotopic (exact) mass is 842 g/mol. The van der Waals surface area contributed by atoms with Crippen LogP contribution in [0.4, 0.5) is 5.69 Å². The molecule has 2 saturated heterocycles. The van der Waals surface area contributed by atoms with Crippen LogP contribution in [-0.2, 0) is 33.5 Å². The Morgan fingerprint density at radius 2 is 1.78 bits per heavy atom. The number of hydrogen-bond acceptors (Lipinski definition) is 10. The SMILES string of the molecule is COc1cc(N2CCC(NCCCCCSc3cccc4c3CN(C3CCC(=O)NC3=O)C4=O)CC2)ccc1Cc1ncc(Cl)c(Cc2ccccc2P(C)(C)=O)n1. The highest BCUT2D eigenvalue weighted by Gasteiger charge is 2.39. The second kappa shape index (κ2) is 18.8. The van der Waals surface area contributed by atoms with Gasteiger partial charge in [-0.3, -0.25) is 19.7 Å². The molecule has 0 bridgehead atoms. The Bertz CT molecular complexity index is 2210. The number of unbranched alkanes of at least 4 members (excludes halogenated alkanes) is 2. The van der Waals surface area contributed by atoms with E-state index in [0.29, 0.717) is 54.0 Å². The highest BCUT2D eigenvalue weighted by Crippen LogP contribution is 2.37. The van der Waals surface area contributed by atoms with Crippen LogP contribution < -0.4 is 25.6 Å². The van der Waals surface area contributed by atoms with E-state index in [4.69, 9.17) is 21.3 Å². The van der Waals surface area contributed by atoms with Gasteiger partial charge in [0.2, 0.25) is 11.8 Å². The minimum absolute atomic E-state index is 0.126. The van der Waals surface area contributed by atoms with Gasteiger partial charge >= 0.3 is 0 Å². The molecular formula is C44H52ClN6O5PS. The van der Waals surface area contributed by atoms with Crippen LogP contribution in [0.15, 0.2) is 71.8 Å². The molecule has 2 fully saturated rings. The normalized spacial score (nSPS) is 17.4. The molecule has 0 radical (unpaired) electrons. The maximum Gasteiger partial charge on any atom is 0.255 e. The van der Waals surface area contributed by atoms with Gasteiger partial charge in [0.05, 0.1) is 17.8 Å². The number of rotatable bonds is 16. The molecule has 3 aliphatic rings. The zero-order valence-electron chi connectivity index (χ0n) is 33.5. The predicted molar refractivity (Wildman–Crippen MR) is 231 cm³/mol. The summed E-state index contributed by atoms with van der Waals surface area (Å²) in [4.78, 5) is 51.7. The standard InChI is InChI=1S/C44H52ClN6O5PS/c1-56-38-26-32(15-14-29(38)25-41-47-27-35(45)36(48-41)24-30-10-5-6-12-39(30)57(2,3)55)50-21-18-31(19-22-50)46-20-7-4-8-23-58-40-13-9-11-33-34(40)28-51(44(33)54)37-16-17-42(52)49-43(37)53/h5-6,9-15,26-27,31,37,46H,4,7-8,16-25,28H2,1-3H3,(H,49,52,53). The Kier molecular flexibility index (Phi) is 13.6. The maximum atomic E-state index is 13.1. The van der Waals surface area contributed by atoms with Crippen LogP contribution in [0.5, 0.6) is 5.75 Å². The lowest BCUT2D eigenvalue weighted by atomic mass is 10.0. The smallest absolute Gasteiger partial charge is 0.255 e. The molecule has 1 aromatic heterocycles. The quantitative estimate of drug-likeness (QED) is 0.0534. The van der Waals surface area contributed by atoms with Gasteiger partial charge in [0.25, 0.3) is 5.91 Å². The highest BCUT2D eigenvalue weighted by atomic mass is 35.5. The van der Waals surface area contributed by atoms with Gasteiger partial charge in [0.15, 0.2) is 0 Å². The number of fused-ring (bicyclic) bond motifs is 1. The molecule has 14 heteroatoms. The molecule has 4 aromatic rings. The Morgan fingerprint density at radius 3 is 2.55 bits per heavy atom. The van der Waals surface area contributed by atoms with Crippen molar-refractivity contribution in [3.63, 3.8) is 0 Å². The van der Waals surface area contributed by atoms with E-state index in [-0.39, 0.29) is 24.1 Å². The first-order valence-electron chi connectivity index (χ1n) is 20.2. The number of hydrogen-bond donors (Lipinski definition) is 2. The van der Waals surface area contributed by atoms with E-state index < -0.39 is 13.2 Å². The lowest BCUT2D eigenvalue weighted by Gasteiger charge is -2.34. The molecule has 1 unspecified atom stereocenters. The summed E-state index contributed by atoms with van der Waals surface area (Å²) < 4.78 is 18.8. The van der Waals surface area contributed by atoms with Crippen LogP contribution in [0.1, 0.15) is 83.5 Å². The molecule has 0 aliphatic carbocycles. The number of nitrogens with zero attached hydrogens (tertiary/aromatic N) is 4. The first-order chi connectivity index (χ1) is 28.0. The zero-order valence-corrected chi connectivity index (χ0v) is 35.9. The van der Waals surface area contributed by atoms with E-state index in [1.165, 1.54) is 0 Å². The van der Waals surface area contributed by atoms with Gasteiger partial charge in [-0.1, -0.05) is 54.4 Å². The second-order valence-corrected chi connectivity index (χ2v) is 20.4. The number of anilines is 1. The molecule has 3 aromatic carbocycles. The Hall–Kier alpha value is -4.22. The average Bonchev–Trinajstić information content (AvgIpc) is 3.55. The molecule has 1 atom stereocenters. The Labute approximate surface area is 350 Å². The van der Waals surface area contributed by atoms with E-state index in [1.54, 1.807) is 43.3 Å². The fourth-order valence-corrected chi connectivity index (χ4v) is 10.7. The number of halogens is 1. The first-order valence-corrected chi connectivity index (χ1v) is 24.1. The number of benzene rings is 3. The number of ether oxygens (including phenoxy) is 1. The molecule has 306 valence electrons. The van der Waals surface area contributed by atoms with E-state index in [9.17, 15) is 18.9 Å². The number of amides is 3. The molecule has 58 heavy (non-hydrogen) atoms. The van der Waals surface area contributed by atoms with E-state index in [2.05, 4.69) is 44.8 Å². The summed E-state index contributed by atoms with van der Waals surface area (Å²) in [7, 11) is -0.766. The van der Waals surface area contributed by atoms with Crippen LogP contribution in [0, 0.1) is 0 Å². The average molecular weight is 843 g/mol. The van der Waals surface area contributed by atoms with Crippen LogP contribution in [-0.4, -0.2) is 90.5 Å². The number of methoxy groups -OCH3 is 1. The lowest BCUT2D eigenvalue weighted by Crippen LogP contribution is -2.52. The van der Waals surface area contributed by atoms with Gasteiger partial charge in [0, 0.05) is 84.2 Å². The van der Waals surface area contributed by atoms with Crippen molar-refractivity contribution in [1.82, 2.24) is 25.5 Å². The number of thioether (sulfide) groups is 1. The van der Waals surface area contributed by atoms with Crippen molar-refractivity contribution in [1.29, 1.82) is 0 Å². The fraction of sp³-hybridized carbons (Fsp3) is 0.432. The number of imide groups is 1. The molecule has 0 spiro atoms. The molecule has 7 rings (SSSR count). The lowest BCUT2D eigenvalue weighted by molar-refractivity contribution is -0.136. The minimum Gasteiger partial charge on any atom is -0.496 e. The highest BCUT2D eigenvalue weighted by molar-refractivity contribution is 7.99. The Balaban J connectivity index is 0.835. The van der Waals surface area contributed by atoms with Crippen molar-refractivity contribution in [2.75, 3.05) is 50.7 Å². The van der Waals surface area contributed by atoms with Crippen molar-refractivity contribution >= 4 is 59.2 Å². The summed E-state index contributed by atoms with van der Waals surface area (Å²) >= 11 is 8.34. The third-order valence-corrected chi connectivity index (χ3v) is 14.4. The topological polar surface area (TPSA) is 134 Å². The molecule has 4 heterocycles. The van der Waals surface area contributed by atoms with Crippen molar-refractivity contribution in [2.24, 2.45) is 0 Å². The number of nitrogens with one attached hydrogen (secondary N) is 2. The predicted octanol–water partition coefficient (Wildman–Crippen LogP) is 6.85. The van der Waals surface area contributed by atoms with Gasteiger partial charge in [0.1, 0.15) is 24.8 Å². The first kappa shape index (κ1) is 41.9. The molecular weight excluding hydrogens is 791 g/mol. The number of carbonyl (C=O) groups is 3. The summed E-state index contributed by atoms with van der Waals surface area (Å²) in [6.07, 6.45) is 8.73. The fourth-order valence-electron chi connectivity index (χ4n) is 8.19. The van der Waals surface area contributed by atoms with Gasteiger partial charge in [-0.15, -0.1) is 11.8 Å². The largest absolute Gasteiger partial charge is 0.496 e. The zero-order chi connectivity index (χ0) is 40.8. The third-order valence-electron chi connectivity index (χ3n) is 11.3. The number of piperidine rings is 2. The van der Waals surface area contributed by atoms with Gasteiger partial charge in [-0.2, -0.15) is 0 Å². The van der Waals surface area contributed by atoms with Crippen LogP contribution >= 0.6 is 30.5 Å². The van der Waals surface area contributed by atoms with Gasteiger partial charge < -0.3 is 24.4 Å². The summed E-state index contributed by atoms with van der Waals surface area (Å²) in [5.74, 6) is 1.65. The molecule has 2 N–H and O–H groups in total. The van der Waals surface area contributed by atoms with Crippen LogP contribution in [0.2, 0.25) is 5.02 Å². The summed E-state index contributed by atoms with van der Waals surface area (Å²) in [5, 5.41) is 7.50. The number of carbonyl (C=O) groups excluding carboxylic acids is 3. The Morgan fingerprint density at radius 1 is 0.966 bits per heavy atom. The van der Waals surface area contributed by atoms with Crippen molar-refractivity contribution < 1.29 is 23.7 Å². The summed E-state index contributed by atoms with van der Waals surface area (Å²) in [5.41, 5.74) is 5.49. The minimum atomic E-state index is -2.47. The van der Waals surface area contributed by atoms with Crippen molar-refractivity contribution in [3.8, 4) is 5.75 Å². The summed E-state index contributed by atoms with van der Waals surface area (Å²) in [6.45, 7) is 6.91. The number of aromatic nitrogens is 2. The second-order valence-electron chi connectivity index (χ2n) is 15.7. The molecule has 11 nitrogen and oxygen atoms in total. The maximum absolute atomic E-state index is 13.1. The van der Waals surface area contributed by atoms with E-state index in [1.807, 2.05) is 36.4 Å². The van der Waals surface area contributed by atoms with Gasteiger partial charge in [-0.25, -0.2) is 9.97 Å². The van der Waals surface area contributed by atoms with Crippen LogP contribution in [0.3, 0.4) is 0 Å². The van der Waals surface area contributed by atoms with Gasteiger partial charge in [-0.05, 0) is 87.1 Å². The molecule has 0 saturated carbocycles. The van der Waals surface area contributed by atoms with Crippen molar-refractivity contribution in [2.45, 2.75) is 81.3 Å². The van der Waals surface area contributed by atoms with Crippen molar-refractivity contribution in [3.05, 3.63) is 106 Å². The van der Waals surface area contributed by atoms with Crippen LogP contribution in [0.25, 0.3) is 0 Å². The third kappa shape index (κ3) is 9.96.